The molecule has 0 bridgehead atoms. The number of H-pyrrole nitrogens is 2. The minimum Gasteiger partial charge on any atom is -0.484 e. The van der Waals surface area contributed by atoms with Crippen molar-refractivity contribution in [2.45, 2.75) is 13.0 Å². The van der Waals surface area contributed by atoms with E-state index in [-0.39, 0.29) is 11.7 Å². The molecule has 94 valence electrons. The van der Waals surface area contributed by atoms with Crippen molar-refractivity contribution in [3.05, 3.63) is 41.2 Å². The Morgan fingerprint density at radius 1 is 1.50 bits per heavy atom. The fraction of sp³-hybridized carbons (Fsp3) is 0.231. The second-order valence-electron chi connectivity index (χ2n) is 3.90. The molecule has 2 aromatic rings. The Hall–Kier alpha value is -2.30. The van der Waals surface area contributed by atoms with Gasteiger partial charge in [0.2, 0.25) is 0 Å². The van der Waals surface area contributed by atoms with E-state index in [1.165, 1.54) is 0 Å². The number of aromatic nitrogens is 2. The van der Waals surface area contributed by atoms with Crippen molar-refractivity contribution in [2.75, 3.05) is 7.05 Å². The zero-order valence-electron chi connectivity index (χ0n) is 10.4. The third kappa shape index (κ3) is 2.20. The Bertz CT molecular complexity index is 652. The molecular formula is C13H15N3O2. The fourth-order valence-electron chi connectivity index (χ4n) is 1.79. The summed E-state index contributed by atoms with van der Waals surface area (Å²) in [6.07, 6.45) is 1.45. The Labute approximate surface area is 104 Å². The van der Waals surface area contributed by atoms with Gasteiger partial charge in [-0.1, -0.05) is 6.58 Å². The number of rotatable bonds is 4. The van der Waals surface area contributed by atoms with E-state index >= 15 is 0 Å². The summed E-state index contributed by atoms with van der Waals surface area (Å²) >= 11 is 0. The molecule has 1 heterocycles. The van der Waals surface area contributed by atoms with Crippen LogP contribution in [0.25, 0.3) is 10.9 Å². The Morgan fingerprint density at radius 2 is 2.28 bits per heavy atom. The number of nitrogens with zero attached hydrogens (tertiary/aromatic N) is 1. The summed E-state index contributed by atoms with van der Waals surface area (Å²) in [4.78, 5) is 15.6. The molecule has 0 spiro atoms. The molecule has 0 aliphatic rings. The van der Waals surface area contributed by atoms with E-state index in [1.54, 1.807) is 31.3 Å². The normalized spacial score (nSPS) is 13.6. The molecule has 5 heteroatoms. The maximum absolute atomic E-state index is 11.5. The second kappa shape index (κ2) is 4.91. The largest absolute Gasteiger partial charge is 0.484 e. The molecule has 0 fully saturated rings. The Balaban J connectivity index is 2.29. The highest BCUT2D eigenvalue weighted by Gasteiger charge is 2.10. The number of aromatic amines is 2. The highest BCUT2D eigenvalue weighted by molar-refractivity contribution is 5.98. The zero-order valence-corrected chi connectivity index (χ0v) is 10.4. The molecule has 1 aromatic heterocycles. The SMILES string of the molecule is C=CC(=NC)C(C)Oc1ccc2[nH][nH]c(=O)c2c1. The first kappa shape index (κ1) is 12.2. The first-order chi connectivity index (χ1) is 8.65. The van der Waals surface area contributed by atoms with E-state index < -0.39 is 0 Å². The van der Waals surface area contributed by atoms with Crippen LogP contribution in [-0.4, -0.2) is 29.1 Å². The van der Waals surface area contributed by atoms with Gasteiger partial charge >= 0.3 is 0 Å². The van der Waals surface area contributed by atoms with Gasteiger partial charge in [-0.25, -0.2) is 0 Å². The van der Waals surface area contributed by atoms with Crippen molar-refractivity contribution in [1.82, 2.24) is 10.2 Å². The van der Waals surface area contributed by atoms with Gasteiger partial charge in [0, 0.05) is 7.05 Å². The van der Waals surface area contributed by atoms with Gasteiger partial charge in [-0.15, -0.1) is 0 Å². The maximum Gasteiger partial charge on any atom is 0.271 e. The second-order valence-corrected chi connectivity index (χ2v) is 3.90. The predicted molar refractivity (Wildman–Crippen MR) is 72.6 cm³/mol. The summed E-state index contributed by atoms with van der Waals surface area (Å²) < 4.78 is 5.72. The molecule has 0 radical (unpaired) electrons. The molecule has 1 atom stereocenters. The van der Waals surface area contributed by atoms with Gasteiger partial charge in [-0.3, -0.25) is 20.0 Å². The molecule has 0 saturated heterocycles. The molecule has 0 amide bonds. The van der Waals surface area contributed by atoms with Crippen LogP contribution in [0, 0.1) is 0 Å². The van der Waals surface area contributed by atoms with Crippen molar-refractivity contribution in [2.24, 2.45) is 4.99 Å². The molecule has 0 saturated carbocycles. The lowest BCUT2D eigenvalue weighted by Crippen LogP contribution is -2.21. The number of benzene rings is 1. The van der Waals surface area contributed by atoms with E-state index in [1.807, 2.05) is 6.92 Å². The average molecular weight is 245 g/mol. The van der Waals surface area contributed by atoms with Gasteiger partial charge < -0.3 is 4.74 Å². The monoisotopic (exact) mass is 245 g/mol. The minimum atomic E-state index is -0.206. The van der Waals surface area contributed by atoms with Crippen LogP contribution in [0.3, 0.4) is 0 Å². The summed E-state index contributed by atoms with van der Waals surface area (Å²) in [5.74, 6) is 0.628. The lowest BCUT2D eigenvalue weighted by atomic mass is 10.2. The lowest BCUT2D eigenvalue weighted by molar-refractivity contribution is 0.288. The van der Waals surface area contributed by atoms with Crippen LogP contribution >= 0.6 is 0 Å². The highest BCUT2D eigenvalue weighted by atomic mass is 16.5. The molecule has 2 N–H and O–H groups in total. The quantitative estimate of drug-likeness (QED) is 0.807. The van der Waals surface area contributed by atoms with Crippen molar-refractivity contribution in [1.29, 1.82) is 0 Å². The van der Waals surface area contributed by atoms with Crippen molar-refractivity contribution >= 4 is 16.6 Å². The molecule has 5 nitrogen and oxygen atoms in total. The van der Waals surface area contributed by atoms with E-state index in [4.69, 9.17) is 4.74 Å². The predicted octanol–water partition coefficient (Wildman–Crippen LogP) is 1.88. The first-order valence-electron chi connectivity index (χ1n) is 5.62. The topological polar surface area (TPSA) is 70.2 Å². The van der Waals surface area contributed by atoms with E-state index in [2.05, 4.69) is 21.8 Å². The van der Waals surface area contributed by atoms with Gasteiger partial charge in [0.1, 0.15) is 11.9 Å². The van der Waals surface area contributed by atoms with Crippen LogP contribution in [0.1, 0.15) is 6.92 Å². The zero-order chi connectivity index (χ0) is 13.1. The van der Waals surface area contributed by atoms with Crippen LogP contribution in [0.2, 0.25) is 0 Å². The average Bonchev–Trinajstić information content (AvgIpc) is 2.73. The van der Waals surface area contributed by atoms with Crippen LogP contribution in [0.15, 0.2) is 40.6 Å². The summed E-state index contributed by atoms with van der Waals surface area (Å²) in [6, 6.07) is 5.31. The first-order valence-corrected chi connectivity index (χ1v) is 5.62. The van der Waals surface area contributed by atoms with Crippen LogP contribution in [0.5, 0.6) is 5.75 Å². The van der Waals surface area contributed by atoms with Crippen LogP contribution < -0.4 is 10.3 Å². The summed E-state index contributed by atoms with van der Waals surface area (Å²) in [5, 5.41) is 5.88. The van der Waals surface area contributed by atoms with Crippen molar-refractivity contribution in [3.63, 3.8) is 0 Å². The number of hydrogen-bond donors (Lipinski definition) is 2. The number of ether oxygens (including phenoxy) is 1. The van der Waals surface area contributed by atoms with Crippen molar-refractivity contribution in [3.8, 4) is 5.75 Å². The third-order valence-corrected chi connectivity index (χ3v) is 2.74. The van der Waals surface area contributed by atoms with Gasteiger partial charge in [0.25, 0.3) is 5.56 Å². The van der Waals surface area contributed by atoms with E-state index in [0.29, 0.717) is 11.1 Å². The molecule has 2 rings (SSSR count). The number of nitrogens with one attached hydrogen (secondary N) is 2. The highest BCUT2D eigenvalue weighted by Crippen LogP contribution is 2.18. The third-order valence-electron chi connectivity index (χ3n) is 2.74. The van der Waals surface area contributed by atoms with E-state index in [0.717, 1.165) is 11.2 Å². The van der Waals surface area contributed by atoms with Crippen molar-refractivity contribution < 1.29 is 4.74 Å². The molecule has 1 unspecified atom stereocenters. The van der Waals surface area contributed by atoms with Gasteiger partial charge in [-0.05, 0) is 31.2 Å². The number of fused-ring (bicyclic) bond motifs is 1. The van der Waals surface area contributed by atoms with Crippen LogP contribution in [-0.2, 0) is 0 Å². The number of hydrogen-bond acceptors (Lipinski definition) is 3. The maximum atomic E-state index is 11.5. The molecule has 18 heavy (non-hydrogen) atoms. The van der Waals surface area contributed by atoms with Gasteiger partial charge in [-0.2, -0.15) is 0 Å². The molecule has 0 aliphatic heterocycles. The summed E-state index contributed by atoms with van der Waals surface area (Å²) in [5.41, 5.74) is 1.36. The lowest BCUT2D eigenvalue weighted by Gasteiger charge is -2.14. The Kier molecular flexibility index (Phi) is 3.32. The standard InChI is InChI=1S/C13H15N3O2/c1-4-11(14-3)8(2)18-9-5-6-12-10(7-9)13(17)16-15-12/h4-8H,1H2,2-3H3,(H2,15,16,17). The summed E-state index contributed by atoms with van der Waals surface area (Å²) in [6.45, 7) is 5.56. The number of aliphatic imine (C=N–C) groups is 1. The van der Waals surface area contributed by atoms with E-state index in [9.17, 15) is 4.79 Å². The summed E-state index contributed by atoms with van der Waals surface area (Å²) in [7, 11) is 1.69. The molecule has 0 aliphatic carbocycles. The fourth-order valence-corrected chi connectivity index (χ4v) is 1.79. The minimum absolute atomic E-state index is 0.156. The van der Waals surface area contributed by atoms with Crippen LogP contribution in [0.4, 0.5) is 0 Å². The Morgan fingerprint density at radius 3 is 2.94 bits per heavy atom. The van der Waals surface area contributed by atoms with Gasteiger partial charge in [0.05, 0.1) is 16.6 Å². The molecule has 1 aromatic carbocycles. The van der Waals surface area contributed by atoms with Gasteiger partial charge in [0.15, 0.2) is 0 Å². The molecular weight excluding hydrogens is 230 g/mol. The smallest absolute Gasteiger partial charge is 0.271 e.